The highest BCUT2D eigenvalue weighted by Crippen LogP contribution is 2.37. The molecule has 0 spiro atoms. The first-order chi connectivity index (χ1) is 16.8. The number of carbonyl (C=O) groups excluding carboxylic acids is 1. The summed E-state index contributed by atoms with van der Waals surface area (Å²) in [5, 5.41) is 6.68. The predicted molar refractivity (Wildman–Crippen MR) is 126 cm³/mol. The van der Waals surface area contributed by atoms with Crippen LogP contribution in [-0.4, -0.2) is 51.4 Å². The number of hydrogen-bond acceptors (Lipinski definition) is 5. The van der Waals surface area contributed by atoms with Crippen molar-refractivity contribution in [2.24, 2.45) is 7.05 Å². The van der Waals surface area contributed by atoms with Crippen LogP contribution in [0.1, 0.15) is 29.6 Å². The van der Waals surface area contributed by atoms with Crippen molar-refractivity contribution < 1.29 is 23.0 Å². The zero-order chi connectivity index (χ0) is 24.7. The molecule has 1 unspecified atom stereocenters. The minimum absolute atomic E-state index is 0.0738. The van der Waals surface area contributed by atoms with E-state index >= 15 is 0 Å². The van der Waals surface area contributed by atoms with Crippen LogP contribution in [-0.2, 0) is 7.05 Å². The van der Waals surface area contributed by atoms with Gasteiger partial charge in [-0.05, 0) is 30.5 Å². The van der Waals surface area contributed by atoms with Crippen molar-refractivity contribution in [1.82, 2.24) is 24.6 Å². The van der Waals surface area contributed by atoms with E-state index in [9.17, 15) is 13.6 Å². The third-order valence-electron chi connectivity index (χ3n) is 6.40. The fourth-order valence-corrected chi connectivity index (χ4v) is 4.56. The molecule has 0 saturated heterocycles. The summed E-state index contributed by atoms with van der Waals surface area (Å²) < 4.78 is 42.7. The quantitative estimate of drug-likeness (QED) is 0.443. The number of benzene rings is 2. The van der Waals surface area contributed by atoms with Crippen molar-refractivity contribution in [2.45, 2.75) is 31.2 Å². The van der Waals surface area contributed by atoms with Gasteiger partial charge in [-0.25, -0.2) is 13.8 Å². The molecule has 35 heavy (non-hydrogen) atoms. The van der Waals surface area contributed by atoms with Crippen LogP contribution < -0.4 is 14.8 Å². The molecule has 0 aliphatic heterocycles. The van der Waals surface area contributed by atoms with Crippen LogP contribution >= 0.6 is 0 Å². The highest BCUT2D eigenvalue weighted by molar-refractivity contribution is 6.00. The molecule has 1 amide bonds. The molecule has 2 aromatic heterocycles. The molecule has 1 atom stereocenters. The summed E-state index contributed by atoms with van der Waals surface area (Å²) in [4.78, 5) is 17.5. The summed E-state index contributed by atoms with van der Waals surface area (Å²) in [6, 6.07) is 8.03. The number of aromatic nitrogens is 4. The van der Waals surface area contributed by atoms with Crippen molar-refractivity contribution in [3.8, 4) is 28.3 Å². The minimum atomic E-state index is -2.93. The smallest absolute Gasteiger partial charge is 0.267 e. The fourth-order valence-electron chi connectivity index (χ4n) is 4.56. The molecule has 1 aliphatic rings. The average Bonchev–Trinajstić information content (AvgIpc) is 3.56. The van der Waals surface area contributed by atoms with Gasteiger partial charge in [-0.1, -0.05) is 6.07 Å². The Bertz CT molecular complexity index is 1390. The van der Waals surface area contributed by atoms with Crippen LogP contribution in [0.15, 0.2) is 49.1 Å². The molecule has 2 aromatic carbocycles. The first-order valence-corrected chi connectivity index (χ1v) is 11.2. The van der Waals surface area contributed by atoms with E-state index in [1.165, 1.54) is 14.2 Å². The molecule has 10 heteroatoms. The van der Waals surface area contributed by atoms with Crippen molar-refractivity contribution in [3.63, 3.8) is 0 Å². The van der Waals surface area contributed by atoms with Crippen LogP contribution in [0.25, 0.3) is 27.8 Å². The van der Waals surface area contributed by atoms with Gasteiger partial charge in [0.1, 0.15) is 23.4 Å². The van der Waals surface area contributed by atoms with E-state index in [1.54, 1.807) is 29.3 Å². The van der Waals surface area contributed by atoms with E-state index in [1.807, 2.05) is 36.0 Å². The van der Waals surface area contributed by atoms with Gasteiger partial charge in [-0.3, -0.25) is 14.0 Å². The Labute approximate surface area is 200 Å². The third kappa shape index (κ3) is 4.09. The van der Waals surface area contributed by atoms with Gasteiger partial charge in [0.2, 0.25) is 0 Å². The number of nitrogens with one attached hydrogen (secondary N) is 1. The monoisotopic (exact) mass is 481 g/mol. The Morgan fingerprint density at radius 1 is 1.14 bits per heavy atom. The zero-order valence-corrected chi connectivity index (χ0v) is 19.6. The summed E-state index contributed by atoms with van der Waals surface area (Å²) in [5.41, 5.74) is 4.30. The lowest BCUT2D eigenvalue weighted by Gasteiger charge is -2.22. The largest absolute Gasteiger partial charge is 0.496 e. The number of carbonyl (C=O) groups is 1. The highest BCUT2D eigenvalue weighted by Gasteiger charge is 2.45. The summed E-state index contributed by atoms with van der Waals surface area (Å²) in [7, 11) is 4.71. The van der Waals surface area contributed by atoms with Gasteiger partial charge < -0.3 is 14.8 Å². The summed E-state index contributed by atoms with van der Waals surface area (Å²) in [5.74, 6) is -3.16. The van der Waals surface area contributed by atoms with E-state index < -0.39 is 17.9 Å². The SMILES string of the molecule is COc1cc(-n2cnc3cc(-c4cnn(C)c4)ccc32)cc(OC)c1C(=O)NC1CCCC1(F)F. The summed E-state index contributed by atoms with van der Waals surface area (Å²) in [6.45, 7) is 0. The van der Waals surface area contributed by atoms with E-state index in [-0.39, 0.29) is 29.9 Å². The molecule has 0 bridgehead atoms. The lowest BCUT2D eigenvalue weighted by Crippen LogP contribution is -2.44. The highest BCUT2D eigenvalue weighted by atomic mass is 19.3. The molecule has 4 aromatic rings. The van der Waals surface area contributed by atoms with Crippen LogP contribution in [0.4, 0.5) is 8.78 Å². The van der Waals surface area contributed by atoms with Crippen molar-refractivity contribution in [1.29, 1.82) is 0 Å². The lowest BCUT2D eigenvalue weighted by atomic mass is 10.1. The van der Waals surface area contributed by atoms with Crippen LogP contribution in [0.5, 0.6) is 11.5 Å². The van der Waals surface area contributed by atoms with Gasteiger partial charge in [0.25, 0.3) is 11.8 Å². The average molecular weight is 482 g/mol. The number of alkyl halides is 2. The maximum atomic E-state index is 14.1. The first-order valence-electron chi connectivity index (χ1n) is 11.2. The third-order valence-corrected chi connectivity index (χ3v) is 6.40. The Morgan fingerprint density at radius 2 is 1.89 bits per heavy atom. The molecule has 1 fully saturated rings. The molecular formula is C25H25F2N5O3. The van der Waals surface area contributed by atoms with E-state index in [4.69, 9.17) is 9.47 Å². The zero-order valence-electron chi connectivity index (χ0n) is 19.6. The Balaban J connectivity index is 1.51. The molecule has 1 N–H and O–H groups in total. The number of aryl methyl sites for hydroxylation is 1. The second kappa shape index (κ2) is 8.68. The normalized spacial score (nSPS) is 17.0. The topological polar surface area (TPSA) is 83.2 Å². The first kappa shape index (κ1) is 22.8. The standard InChI is InChI=1S/C25H25F2N5O3/c1-31-13-16(12-29-31)15-6-7-19-18(9-15)28-14-32(19)17-10-20(34-2)23(21(11-17)35-3)24(33)30-22-5-4-8-25(22,26)27/h6-7,9-14,22H,4-5,8H2,1-3H3,(H,30,33). The van der Waals surface area contributed by atoms with Gasteiger partial charge in [0, 0.05) is 37.4 Å². The number of halogens is 2. The minimum Gasteiger partial charge on any atom is -0.496 e. The van der Waals surface area contributed by atoms with Crippen molar-refractivity contribution >= 4 is 16.9 Å². The number of nitrogens with zero attached hydrogens (tertiary/aromatic N) is 4. The maximum absolute atomic E-state index is 14.1. The second-order valence-electron chi connectivity index (χ2n) is 8.63. The Hall–Kier alpha value is -3.95. The van der Waals surface area contributed by atoms with Crippen LogP contribution in [0.2, 0.25) is 0 Å². The molecule has 182 valence electrons. The maximum Gasteiger partial charge on any atom is 0.267 e. The molecule has 0 radical (unpaired) electrons. The van der Waals surface area contributed by atoms with Gasteiger partial charge >= 0.3 is 0 Å². The van der Waals surface area contributed by atoms with Gasteiger partial charge in [-0.15, -0.1) is 0 Å². The van der Waals surface area contributed by atoms with Gasteiger partial charge in [0.15, 0.2) is 0 Å². The predicted octanol–water partition coefficient (Wildman–Crippen LogP) is 4.36. The van der Waals surface area contributed by atoms with Gasteiger partial charge in [-0.2, -0.15) is 5.10 Å². The molecule has 8 nitrogen and oxygen atoms in total. The number of fused-ring (bicyclic) bond motifs is 1. The van der Waals surface area contributed by atoms with E-state index in [0.717, 1.165) is 22.2 Å². The Kier molecular flexibility index (Phi) is 5.66. The number of rotatable bonds is 6. The number of amides is 1. The number of ether oxygens (including phenoxy) is 2. The molecule has 2 heterocycles. The lowest BCUT2D eigenvalue weighted by molar-refractivity contribution is -0.0165. The van der Waals surface area contributed by atoms with E-state index in [2.05, 4.69) is 15.4 Å². The Morgan fingerprint density at radius 3 is 2.49 bits per heavy atom. The number of hydrogen-bond donors (Lipinski definition) is 1. The molecular weight excluding hydrogens is 456 g/mol. The summed E-state index contributed by atoms with van der Waals surface area (Å²) in [6.07, 6.45) is 5.75. The molecule has 5 rings (SSSR count). The van der Waals surface area contributed by atoms with Crippen molar-refractivity contribution in [2.75, 3.05) is 14.2 Å². The van der Waals surface area contributed by atoms with Gasteiger partial charge in [0.05, 0.1) is 43.2 Å². The number of imidazole rings is 1. The number of methoxy groups -OCH3 is 2. The van der Waals surface area contributed by atoms with Crippen molar-refractivity contribution in [3.05, 3.63) is 54.6 Å². The molecule has 1 aliphatic carbocycles. The van der Waals surface area contributed by atoms with Crippen LogP contribution in [0, 0.1) is 0 Å². The van der Waals surface area contributed by atoms with Crippen LogP contribution in [0.3, 0.4) is 0 Å². The van der Waals surface area contributed by atoms with E-state index in [0.29, 0.717) is 12.1 Å². The fraction of sp³-hybridized carbons (Fsp3) is 0.320. The summed E-state index contributed by atoms with van der Waals surface area (Å²) >= 11 is 0. The molecule has 1 saturated carbocycles. The second-order valence-corrected chi connectivity index (χ2v) is 8.63.